The summed E-state index contributed by atoms with van der Waals surface area (Å²) in [7, 11) is 0. The van der Waals surface area contributed by atoms with Crippen LogP contribution in [-0.2, 0) is 6.61 Å². The van der Waals surface area contributed by atoms with Crippen LogP contribution in [0.25, 0.3) is 0 Å². The quantitative estimate of drug-likeness (QED) is 0.622. The lowest BCUT2D eigenvalue weighted by molar-refractivity contribution is 0.158. The number of rotatable bonds is 4. The smallest absolute Gasteiger partial charge is 0.139 e. The summed E-state index contributed by atoms with van der Waals surface area (Å²) in [6, 6.07) is 2.97. The van der Waals surface area contributed by atoms with Crippen molar-refractivity contribution in [2.75, 3.05) is 6.54 Å². The second-order valence-electron chi connectivity index (χ2n) is 5.01. The summed E-state index contributed by atoms with van der Waals surface area (Å²) < 4.78 is 0. The van der Waals surface area contributed by atoms with Crippen LogP contribution >= 0.6 is 0 Å². The lowest BCUT2D eigenvalue weighted by Gasteiger charge is -2.22. The predicted molar refractivity (Wildman–Crippen MR) is 64.5 cm³/mol. The Kier molecular flexibility index (Phi) is 4.45. The number of hydrogen-bond donors (Lipinski definition) is 4. The maximum Gasteiger partial charge on any atom is 0.139 e. The molecule has 0 amide bonds. The third-order valence-electron chi connectivity index (χ3n) is 2.29. The Hall–Kier alpha value is -1.17. The molecule has 0 aliphatic heterocycles. The Morgan fingerprint density at radius 1 is 1.35 bits per heavy atom. The summed E-state index contributed by atoms with van der Waals surface area (Å²) in [5.74, 6) is -0.0627. The van der Waals surface area contributed by atoms with Crippen molar-refractivity contribution < 1.29 is 15.3 Å². The normalized spacial score (nSPS) is 13.7. The molecule has 5 nitrogen and oxygen atoms in total. The first-order chi connectivity index (χ1) is 7.83. The highest BCUT2D eigenvalue weighted by molar-refractivity contribution is 5.28. The number of pyridine rings is 1. The van der Waals surface area contributed by atoms with Crippen LogP contribution in [0.15, 0.2) is 12.1 Å². The van der Waals surface area contributed by atoms with Crippen molar-refractivity contribution >= 4 is 0 Å². The van der Waals surface area contributed by atoms with Gasteiger partial charge in [0.15, 0.2) is 0 Å². The number of β-amino-alcohol motifs (C(OH)–C–C–N with tert-alkyl or cyclic N) is 1. The molecule has 0 saturated heterocycles. The van der Waals surface area contributed by atoms with Crippen molar-refractivity contribution in [3.05, 3.63) is 23.5 Å². The third-order valence-corrected chi connectivity index (χ3v) is 2.29. The summed E-state index contributed by atoms with van der Waals surface area (Å²) >= 11 is 0. The highest BCUT2D eigenvalue weighted by Gasteiger charge is 2.15. The van der Waals surface area contributed by atoms with Crippen LogP contribution in [0.2, 0.25) is 0 Å². The fourth-order valence-corrected chi connectivity index (χ4v) is 1.32. The molecule has 0 radical (unpaired) electrons. The average molecular weight is 240 g/mol. The molecule has 0 fully saturated rings. The molecule has 4 N–H and O–H groups in total. The fraction of sp³-hybridized carbons (Fsp3) is 0.583. The van der Waals surface area contributed by atoms with Crippen LogP contribution in [0.5, 0.6) is 5.75 Å². The number of aliphatic hydroxyl groups excluding tert-OH is 2. The van der Waals surface area contributed by atoms with Gasteiger partial charge >= 0.3 is 0 Å². The van der Waals surface area contributed by atoms with E-state index in [4.69, 9.17) is 5.11 Å². The van der Waals surface area contributed by atoms with Gasteiger partial charge in [-0.2, -0.15) is 0 Å². The molecule has 1 aromatic heterocycles. The average Bonchev–Trinajstić information content (AvgIpc) is 2.25. The first-order valence-electron chi connectivity index (χ1n) is 5.56. The number of aromatic hydroxyl groups is 1. The van der Waals surface area contributed by atoms with Gasteiger partial charge in [0.1, 0.15) is 17.5 Å². The minimum Gasteiger partial charge on any atom is -0.506 e. The molecule has 96 valence electrons. The van der Waals surface area contributed by atoms with E-state index in [1.807, 2.05) is 20.8 Å². The fourth-order valence-electron chi connectivity index (χ4n) is 1.32. The largest absolute Gasteiger partial charge is 0.506 e. The number of aliphatic hydroxyl groups is 2. The minimum atomic E-state index is -0.764. The maximum atomic E-state index is 9.91. The molecule has 0 saturated carbocycles. The second-order valence-corrected chi connectivity index (χ2v) is 5.01. The van der Waals surface area contributed by atoms with Gasteiger partial charge in [0, 0.05) is 12.1 Å². The third kappa shape index (κ3) is 4.30. The van der Waals surface area contributed by atoms with Gasteiger partial charge < -0.3 is 20.6 Å². The molecule has 0 aromatic carbocycles. The van der Waals surface area contributed by atoms with Gasteiger partial charge in [-0.05, 0) is 32.9 Å². The summed E-state index contributed by atoms with van der Waals surface area (Å²) in [5.41, 5.74) is 0.526. The molecule has 1 heterocycles. The molecular formula is C12H20N2O3. The van der Waals surface area contributed by atoms with E-state index in [1.54, 1.807) is 6.07 Å². The number of aromatic nitrogens is 1. The minimum absolute atomic E-state index is 0.0627. The molecule has 1 atom stereocenters. The molecular weight excluding hydrogens is 220 g/mol. The highest BCUT2D eigenvalue weighted by atomic mass is 16.3. The first-order valence-corrected chi connectivity index (χ1v) is 5.56. The van der Waals surface area contributed by atoms with E-state index >= 15 is 0 Å². The number of nitrogens with zero attached hydrogens (tertiary/aromatic N) is 1. The van der Waals surface area contributed by atoms with E-state index in [0.29, 0.717) is 12.2 Å². The molecule has 0 aliphatic carbocycles. The predicted octanol–water partition coefficient (Wildman–Crippen LogP) is 0.701. The maximum absolute atomic E-state index is 9.91. The summed E-state index contributed by atoms with van der Waals surface area (Å²) in [4.78, 5) is 4.00. The van der Waals surface area contributed by atoms with E-state index < -0.39 is 6.10 Å². The number of hydrogen-bond acceptors (Lipinski definition) is 5. The zero-order chi connectivity index (χ0) is 13.1. The molecule has 5 heteroatoms. The Balaban J connectivity index is 2.72. The van der Waals surface area contributed by atoms with Crippen LogP contribution in [0, 0.1) is 0 Å². The molecule has 0 spiro atoms. The van der Waals surface area contributed by atoms with Gasteiger partial charge in [-0.15, -0.1) is 0 Å². The Morgan fingerprint density at radius 2 is 2.00 bits per heavy atom. The van der Waals surface area contributed by atoms with Crippen LogP contribution in [-0.4, -0.2) is 32.4 Å². The zero-order valence-corrected chi connectivity index (χ0v) is 10.4. The van der Waals surface area contributed by atoms with Gasteiger partial charge in [-0.1, -0.05) is 0 Å². The van der Waals surface area contributed by atoms with E-state index in [2.05, 4.69) is 10.3 Å². The van der Waals surface area contributed by atoms with Gasteiger partial charge in [0.25, 0.3) is 0 Å². The van der Waals surface area contributed by atoms with Crippen LogP contribution in [0.3, 0.4) is 0 Å². The van der Waals surface area contributed by atoms with Crippen molar-refractivity contribution in [3.63, 3.8) is 0 Å². The molecule has 1 unspecified atom stereocenters. The Bertz CT molecular complexity index is 375. The van der Waals surface area contributed by atoms with Crippen LogP contribution in [0.4, 0.5) is 0 Å². The highest BCUT2D eigenvalue weighted by Crippen LogP contribution is 2.18. The summed E-state index contributed by atoms with van der Waals surface area (Å²) in [6.45, 7) is 6.03. The lowest BCUT2D eigenvalue weighted by atomic mass is 10.1. The summed E-state index contributed by atoms with van der Waals surface area (Å²) in [5, 5.41) is 31.4. The monoisotopic (exact) mass is 240 g/mol. The van der Waals surface area contributed by atoms with E-state index in [9.17, 15) is 10.2 Å². The van der Waals surface area contributed by atoms with Gasteiger partial charge in [0.05, 0.1) is 12.3 Å². The van der Waals surface area contributed by atoms with Gasteiger partial charge in [0.2, 0.25) is 0 Å². The Morgan fingerprint density at radius 3 is 2.53 bits per heavy atom. The van der Waals surface area contributed by atoms with Crippen molar-refractivity contribution in [2.24, 2.45) is 0 Å². The SMILES string of the molecule is CC(C)(C)NCC(O)c1ccc(O)c(CO)n1. The molecule has 0 aliphatic rings. The Labute approximate surface area is 101 Å². The van der Waals surface area contributed by atoms with Gasteiger partial charge in [-0.25, -0.2) is 4.98 Å². The van der Waals surface area contributed by atoms with Crippen molar-refractivity contribution in [3.8, 4) is 5.75 Å². The van der Waals surface area contributed by atoms with Crippen molar-refractivity contribution in [1.82, 2.24) is 10.3 Å². The van der Waals surface area contributed by atoms with Crippen LogP contribution in [0.1, 0.15) is 38.3 Å². The van der Waals surface area contributed by atoms with E-state index in [1.165, 1.54) is 6.07 Å². The standard InChI is InChI=1S/C12H20N2O3/c1-12(2,3)13-6-11(17)8-4-5-10(16)9(7-15)14-8/h4-5,11,13,15-17H,6-7H2,1-3H3. The first kappa shape index (κ1) is 13.9. The molecule has 17 heavy (non-hydrogen) atoms. The summed E-state index contributed by atoms with van der Waals surface area (Å²) in [6.07, 6.45) is -0.764. The molecule has 0 bridgehead atoms. The molecule has 1 aromatic rings. The van der Waals surface area contributed by atoms with Crippen LogP contribution < -0.4 is 5.32 Å². The van der Waals surface area contributed by atoms with Crippen molar-refractivity contribution in [1.29, 1.82) is 0 Å². The topological polar surface area (TPSA) is 85.6 Å². The second kappa shape index (κ2) is 5.44. The van der Waals surface area contributed by atoms with Crippen molar-refractivity contribution in [2.45, 2.75) is 39.0 Å². The zero-order valence-electron chi connectivity index (χ0n) is 10.4. The molecule has 1 rings (SSSR count). The van der Waals surface area contributed by atoms with Gasteiger partial charge in [-0.3, -0.25) is 0 Å². The number of nitrogens with one attached hydrogen (secondary N) is 1. The van der Waals surface area contributed by atoms with E-state index in [-0.39, 0.29) is 23.6 Å². The van der Waals surface area contributed by atoms with E-state index in [0.717, 1.165) is 0 Å². The lowest BCUT2D eigenvalue weighted by Crippen LogP contribution is -2.38.